The molecule has 0 bridgehead atoms. The predicted octanol–water partition coefficient (Wildman–Crippen LogP) is 3.16. The molecule has 3 rings (SSSR count). The van der Waals surface area contributed by atoms with E-state index in [-0.39, 0.29) is 11.3 Å². The van der Waals surface area contributed by atoms with Crippen LogP contribution in [0.2, 0.25) is 0 Å². The van der Waals surface area contributed by atoms with Crippen LogP contribution in [0.4, 0.5) is 0 Å². The van der Waals surface area contributed by atoms with Gasteiger partial charge < -0.3 is 15.5 Å². The third-order valence-corrected chi connectivity index (χ3v) is 7.39. The Balaban J connectivity index is 1.49. The van der Waals surface area contributed by atoms with Crippen molar-refractivity contribution in [2.45, 2.75) is 52.0 Å². The third kappa shape index (κ3) is 6.20. The molecule has 0 spiro atoms. The lowest BCUT2D eigenvalue weighted by molar-refractivity contribution is -0.138. The largest absolute Gasteiger partial charge is 0.357 e. The van der Waals surface area contributed by atoms with Crippen LogP contribution in [0.1, 0.15) is 50.3 Å². The molecule has 7 heteroatoms. The second-order valence-corrected chi connectivity index (χ2v) is 10.1. The zero-order valence-corrected chi connectivity index (χ0v) is 19.8. The van der Waals surface area contributed by atoms with Crippen molar-refractivity contribution in [3.05, 3.63) is 22.4 Å². The van der Waals surface area contributed by atoms with Crippen LogP contribution >= 0.6 is 11.3 Å². The van der Waals surface area contributed by atoms with Crippen molar-refractivity contribution in [3.8, 4) is 0 Å². The summed E-state index contributed by atoms with van der Waals surface area (Å²) < 4.78 is 0. The van der Waals surface area contributed by atoms with Crippen molar-refractivity contribution >= 4 is 23.2 Å². The van der Waals surface area contributed by atoms with E-state index in [1.807, 2.05) is 25.4 Å². The molecular weight excluding hydrogens is 394 g/mol. The maximum Gasteiger partial charge on any atom is 0.230 e. The molecule has 1 amide bonds. The fraction of sp³-hybridized carbons (Fsp3) is 0.739. The van der Waals surface area contributed by atoms with Gasteiger partial charge in [0.05, 0.1) is 12.0 Å². The van der Waals surface area contributed by atoms with E-state index < -0.39 is 0 Å². The molecule has 30 heavy (non-hydrogen) atoms. The first kappa shape index (κ1) is 23.1. The number of thiophene rings is 1. The van der Waals surface area contributed by atoms with Gasteiger partial charge in [0, 0.05) is 38.6 Å². The van der Waals surface area contributed by atoms with E-state index >= 15 is 0 Å². The normalized spacial score (nSPS) is 20.3. The highest BCUT2D eigenvalue weighted by Crippen LogP contribution is 2.39. The van der Waals surface area contributed by atoms with E-state index in [4.69, 9.17) is 4.99 Å². The Morgan fingerprint density at radius 1 is 1.27 bits per heavy atom. The summed E-state index contributed by atoms with van der Waals surface area (Å²) in [6.07, 6.45) is 6.61. The molecular formula is C23H39N5OS. The van der Waals surface area contributed by atoms with E-state index in [2.05, 4.69) is 40.0 Å². The van der Waals surface area contributed by atoms with Crippen molar-refractivity contribution in [1.82, 2.24) is 20.4 Å². The summed E-state index contributed by atoms with van der Waals surface area (Å²) in [5.41, 5.74) is -0.307. The lowest BCUT2D eigenvalue weighted by Gasteiger charge is -2.32. The highest BCUT2D eigenvalue weighted by Gasteiger charge is 2.42. The van der Waals surface area contributed by atoms with Gasteiger partial charge in [-0.05, 0) is 63.1 Å². The molecule has 1 aromatic rings. The minimum Gasteiger partial charge on any atom is -0.357 e. The van der Waals surface area contributed by atoms with Gasteiger partial charge in [-0.15, -0.1) is 11.3 Å². The van der Waals surface area contributed by atoms with Crippen LogP contribution in [-0.2, 0) is 11.3 Å². The minimum absolute atomic E-state index is 0.234. The Morgan fingerprint density at radius 2 is 2.00 bits per heavy atom. The minimum atomic E-state index is -0.307. The number of amides is 1. The fourth-order valence-corrected chi connectivity index (χ4v) is 5.50. The molecule has 0 atom stereocenters. The summed E-state index contributed by atoms with van der Waals surface area (Å²) >= 11 is 1.85. The molecule has 2 aliphatic rings. The van der Waals surface area contributed by atoms with Crippen LogP contribution in [0, 0.1) is 11.3 Å². The van der Waals surface area contributed by atoms with E-state index in [0.29, 0.717) is 12.5 Å². The van der Waals surface area contributed by atoms with Gasteiger partial charge in [-0.25, -0.2) is 0 Å². The van der Waals surface area contributed by atoms with Crippen LogP contribution in [0.5, 0.6) is 0 Å². The smallest absolute Gasteiger partial charge is 0.230 e. The fourth-order valence-electron chi connectivity index (χ4n) is 4.75. The van der Waals surface area contributed by atoms with Crippen molar-refractivity contribution in [2.24, 2.45) is 16.3 Å². The number of aliphatic imine (C=N–C) groups is 1. The Hall–Kier alpha value is -1.60. The molecule has 1 aliphatic heterocycles. The monoisotopic (exact) mass is 433 g/mol. The lowest BCUT2D eigenvalue weighted by atomic mass is 9.85. The number of guanidine groups is 1. The van der Waals surface area contributed by atoms with E-state index in [1.165, 1.54) is 30.8 Å². The molecule has 0 aromatic carbocycles. The van der Waals surface area contributed by atoms with E-state index in [9.17, 15) is 4.79 Å². The Kier molecular flexibility index (Phi) is 8.57. The van der Waals surface area contributed by atoms with Gasteiger partial charge in [-0.3, -0.25) is 14.7 Å². The highest BCUT2D eigenvalue weighted by atomic mass is 32.1. The zero-order valence-electron chi connectivity index (χ0n) is 19.0. The summed E-state index contributed by atoms with van der Waals surface area (Å²) in [4.78, 5) is 23.4. The summed E-state index contributed by atoms with van der Waals surface area (Å²) in [5.74, 6) is 1.77. The molecule has 1 saturated heterocycles. The van der Waals surface area contributed by atoms with Crippen molar-refractivity contribution in [2.75, 3.05) is 46.8 Å². The van der Waals surface area contributed by atoms with Gasteiger partial charge in [0.2, 0.25) is 5.91 Å². The first-order chi connectivity index (χ1) is 14.5. The number of piperidine rings is 1. The second kappa shape index (κ2) is 11.1. The number of nitrogens with one attached hydrogen (secondary N) is 2. The van der Waals surface area contributed by atoms with Crippen molar-refractivity contribution < 1.29 is 4.79 Å². The molecule has 2 fully saturated rings. The second-order valence-electron chi connectivity index (χ2n) is 9.06. The maximum atomic E-state index is 12.8. The van der Waals surface area contributed by atoms with Gasteiger partial charge in [-0.2, -0.15) is 0 Å². The van der Waals surface area contributed by atoms with Gasteiger partial charge in [0.15, 0.2) is 5.96 Å². The number of nitrogens with zero attached hydrogens (tertiary/aromatic N) is 3. The molecule has 0 radical (unpaired) electrons. The Bertz CT molecular complexity index is 674. The zero-order chi connectivity index (χ0) is 21.4. The lowest BCUT2D eigenvalue weighted by Crippen LogP contribution is -2.44. The number of likely N-dealkylation sites (tertiary alicyclic amines) is 1. The summed E-state index contributed by atoms with van der Waals surface area (Å²) in [6, 6.07) is 4.37. The maximum absolute atomic E-state index is 12.8. The van der Waals surface area contributed by atoms with Gasteiger partial charge >= 0.3 is 0 Å². The average Bonchev–Trinajstić information content (AvgIpc) is 3.43. The first-order valence-electron chi connectivity index (χ1n) is 11.5. The highest BCUT2D eigenvalue weighted by molar-refractivity contribution is 7.09. The van der Waals surface area contributed by atoms with Gasteiger partial charge in [0.25, 0.3) is 0 Å². The predicted molar refractivity (Wildman–Crippen MR) is 126 cm³/mol. The molecule has 1 aliphatic carbocycles. The Labute approximate surface area is 186 Å². The van der Waals surface area contributed by atoms with Crippen molar-refractivity contribution in [1.29, 1.82) is 0 Å². The standard InChI is InChI=1S/C23H39N5OS/c1-4-24-22(26-18-23(11-5-6-12-23)21(29)27(2)3)25-16-19-9-13-28(14-10-19)17-20-8-7-15-30-20/h7-8,15,19H,4-6,9-14,16-18H2,1-3H3,(H2,24,25,26). The van der Waals surface area contributed by atoms with E-state index in [1.54, 1.807) is 4.90 Å². The topological polar surface area (TPSA) is 60.0 Å². The first-order valence-corrected chi connectivity index (χ1v) is 12.4. The van der Waals surface area contributed by atoms with Crippen LogP contribution in [-0.4, -0.2) is 68.5 Å². The van der Waals surface area contributed by atoms with Crippen LogP contribution in [0.15, 0.2) is 22.5 Å². The van der Waals surface area contributed by atoms with Gasteiger partial charge in [-0.1, -0.05) is 18.9 Å². The number of carbonyl (C=O) groups excluding carboxylic acids is 1. The van der Waals surface area contributed by atoms with Crippen LogP contribution < -0.4 is 10.6 Å². The molecule has 1 aromatic heterocycles. The number of hydrogen-bond acceptors (Lipinski definition) is 4. The molecule has 6 nitrogen and oxygen atoms in total. The number of rotatable bonds is 8. The van der Waals surface area contributed by atoms with E-state index in [0.717, 1.165) is 51.3 Å². The molecule has 2 N–H and O–H groups in total. The Morgan fingerprint density at radius 3 is 2.60 bits per heavy atom. The van der Waals surface area contributed by atoms with Crippen molar-refractivity contribution in [3.63, 3.8) is 0 Å². The SMILES string of the molecule is CCNC(=NCC1(C(=O)N(C)C)CCCC1)NCC1CCN(Cc2cccs2)CC1. The summed E-state index contributed by atoms with van der Waals surface area (Å²) in [6.45, 7) is 7.88. The average molecular weight is 434 g/mol. The molecule has 168 valence electrons. The molecule has 1 saturated carbocycles. The quantitative estimate of drug-likeness (QED) is 0.488. The number of carbonyl (C=O) groups is 1. The summed E-state index contributed by atoms with van der Waals surface area (Å²) in [7, 11) is 3.72. The number of hydrogen-bond donors (Lipinski definition) is 2. The molecule has 0 unspecified atom stereocenters. The summed E-state index contributed by atoms with van der Waals surface area (Å²) in [5, 5.41) is 9.09. The van der Waals surface area contributed by atoms with Crippen LogP contribution in [0.25, 0.3) is 0 Å². The van der Waals surface area contributed by atoms with Gasteiger partial charge in [0.1, 0.15) is 0 Å². The van der Waals surface area contributed by atoms with Crippen LogP contribution in [0.3, 0.4) is 0 Å². The molecule has 2 heterocycles. The third-order valence-electron chi connectivity index (χ3n) is 6.53.